The highest BCUT2D eigenvalue weighted by Crippen LogP contribution is 2.18. The van der Waals surface area contributed by atoms with Crippen LogP contribution in [0.5, 0.6) is 0 Å². The molecule has 2 heterocycles. The lowest BCUT2D eigenvalue weighted by Gasteiger charge is -2.34. The zero-order valence-electron chi connectivity index (χ0n) is 16.9. The zero-order chi connectivity index (χ0) is 19.8. The van der Waals surface area contributed by atoms with Crippen LogP contribution >= 0.6 is 0 Å². The van der Waals surface area contributed by atoms with Gasteiger partial charge in [0.15, 0.2) is 0 Å². The fourth-order valence-corrected chi connectivity index (χ4v) is 4.21. The molecule has 0 radical (unpaired) electrons. The maximum absolute atomic E-state index is 12.5. The van der Waals surface area contributed by atoms with Crippen LogP contribution in [-0.2, 0) is 20.9 Å². The maximum Gasteiger partial charge on any atom is 0.310 e. The largest absolute Gasteiger partial charge is 0.466 e. The summed E-state index contributed by atoms with van der Waals surface area (Å²) in [4.78, 5) is 29.0. The van der Waals surface area contributed by atoms with Gasteiger partial charge in [-0.25, -0.2) is 0 Å². The monoisotopic (exact) mass is 387 g/mol. The first kappa shape index (κ1) is 20.8. The second-order valence-corrected chi connectivity index (χ2v) is 7.93. The minimum absolute atomic E-state index is 0.0750. The number of rotatable bonds is 7. The van der Waals surface area contributed by atoms with Gasteiger partial charge in [0.25, 0.3) is 0 Å². The third-order valence-corrected chi connectivity index (χ3v) is 5.69. The van der Waals surface area contributed by atoms with Crippen LogP contribution in [0.25, 0.3) is 0 Å². The number of carbonyl (C=O) groups is 2. The quantitative estimate of drug-likeness (QED) is 0.726. The summed E-state index contributed by atoms with van der Waals surface area (Å²) in [5.74, 6) is -0.146. The average Bonchev–Trinajstić information content (AvgIpc) is 2.70. The van der Waals surface area contributed by atoms with Gasteiger partial charge in [-0.15, -0.1) is 0 Å². The van der Waals surface area contributed by atoms with E-state index in [4.69, 9.17) is 4.74 Å². The summed E-state index contributed by atoms with van der Waals surface area (Å²) in [5.41, 5.74) is 1.34. The molecule has 6 nitrogen and oxygen atoms in total. The van der Waals surface area contributed by atoms with Gasteiger partial charge in [-0.1, -0.05) is 30.3 Å². The highest BCUT2D eigenvalue weighted by molar-refractivity contribution is 5.78. The van der Waals surface area contributed by atoms with E-state index in [1.165, 1.54) is 5.56 Å². The topological polar surface area (TPSA) is 61.9 Å². The Morgan fingerprint density at radius 1 is 1.07 bits per heavy atom. The second-order valence-electron chi connectivity index (χ2n) is 7.93. The van der Waals surface area contributed by atoms with E-state index in [-0.39, 0.29) is 23.8 Å². The predicted octanol–water partition coefficient (Wildman–Crippen LogP) is 2.04. The molecule has 28 heavy (non-hydrogen) atoms. The van der Waals surface area contributed by atoms with Crippen molar-refractivity contribution in [2.45, 2.75) is 45.2 Å². The first-order valence-corrected chi connectivity index (χ1v) is 10.6. The Bertz CT molecular complexity index is 629. The van der Waals surface area contributed by atoms with Gasteiger partial charge in [0.05, 0.1) is 19.1 Å². The number of piperidine rings is 2. The van der Waals surface area contributed by atoms with Gasteiger partial charge in [0.2, 0.25) is 5.91 Å². The highest BCUT2D eigenvalue weighted by atomic mass is 16.5. The van der Waals surface area contributed by atoms with Gasteiger partial charge in [0.1, 0.15) is 0 Å². The van der Waals surface area contributed by atoms with Crippen LogP contribution in [0.1, 0.15) is 38.2 Å². The van der Waals surface area contributed by atoms with Crippen molar-refractivity contribution in [2.75, 3.05) is 39.3 Å². The fraction of sp³-hybridized carbons (Fsp3) is 0.636. The lowest BCUT2D eigenvalue weighted by molar-refractivity contribution is -0.150. The molecule has 6 heteroatoms. The number of nitrogens with zero attached hydrogens (tertiary/aromatic N) is 2. The SMILES string of the molecule is CCOC(=O)[C@@H]1CCCN(CC(=O)NC2CCN(Cc3ccccc3)CC2)C1. The number of esters is 1. The molecule has 0 saturated carbocycles. The number of hydrogen-bond donors (Lipinski definition) is 1. The van der Waals surface area contributed by atoms with Crippen LogP contribution in [0.3, 0.4) is 0 Å². The van der Waals surface area contributed by atoms with Crippen molar-refractivity contribution in [1.29, 1.82) is 0 Å². The average molecular weight is 388 g/mol. The first-order chi connectivity index (χ1) is 13.6. The van der Waals surface area contributed by atoms with Crippen molar-refractivity contribution in [3.63, 3.8) is 0 Å². The molecule has 3 rings (SSSR count). The van der Waals surface area contributed by atoms with Crippen LogP contribution in [0, 0.1) is 5.92 Å². The number of ether oxygens (including phenoxy) is 1. The molecule has 2 fully saturated rings. The summed E-state index contributed by atoms with van der Waals surface area (Å²) < 4.78 is 5.14. The number of amides is 1. The molecule has 2 saturated heterocycles. The molecule has 0 unspecified atom stereocenters. The van der Waals surface area contributed by atoms with Gasteiger partial charge in [0, 0.05) is 32.2 Å². The number of likely N-dealkylation sites (tertiary alicyclic amines) is 2. The molecule has 1 aromatic rings. The molecular formula is C22H33N3O3. The Labute approximate surface area is 168 Å². The van der Waals surface area contributed by atoms with E-state index in [0.29, 0.717) is 19.7 Å². The lowest BCUT2D eigenvalue weighted by atomic mass is 9.98. The van der Waals surface area contributed by atoms with Crippen molar-refractivity contribution >= 4 is 11.9 Å². The van der Waals surface area contributed by atoms with Crippen molar-refractivity contribution < 1.29 is 14.3 Å². The standard InChI is InChI=1S/C22H33N3O3/c1-2-28-22(27)19-9-6-12-25(16-19)17-21(26)23-20-10-13-24(14-11-20)15-18-7-4-3-5-8-18/h3-5,7-8,19-20H,2,6,9-17H2,1H3,(H,23,26)/t19-/m1/s1. The molecule has 1 N–H and O–H groups in total. The first-order valence-electron chi connectivity index (χ1n) is 10.6. The summed E-state index contributed by atoms with van der Waals surface area (Å²) in [6.45, 7) is 7.12. The summed E-state index contributed by atoms with van der Waals surface area (Å²) in [5, 5.41) is 3.20. The Kier molecular flexibility index (Phi) is 7.86. The van der Waals surface area contributed by atoms with Crippen molar-refractivity contribution in [3.8, 4) is 0 Å². The highest BCUT2D eigenvalue weighted by Gasteiger charge is 2.28. The summed E-state index contributed by atoms with van der Waals surface area (Å²) in [7, 11) is 0. The molecule has 0 spiro atoms. The van der Waals surface area contributed by atoms with E-state index in [1.54, 1.807) is 0 Å². The summed E-state index contributed by atoms with van der Waals surface area (Å²) in [6, 6.07) is 10.8. The molecule has 2 aliphatic heterocycles. The van der Waals surface area contributed by atoms with Crippen molar-refractivity contribution in [1.82, 2.24) is 15.1 Å². The third-order valence-electron chi connectivity index (χ3n) is 5.69. The molecule has 0 aliphatic carbocycles. The van der Waals surface area contributed by atoms with Crippen LogP contribution in [0.2, 0.25) is 0 Å². The van der Waals surface area contributed by atoms with E-state index in [2.05, 4.69) is 39.4 Å². The number of nitrogens with one attached hydrogen (secondary N) is 1. The second kappa shape index (κ2) is 10.6. The van der Waals surface area contributed by atoms with E-state index in [9.17, 15) is 9.59 Å². The Morgan fingerprint density at radius 2 is 1.82 bits per heavy atom. The third kappa shape index (κ3) is 6.31. The number of carbonyl (C=O) groups excluding carboxylic acids is 2. The molecule has 0 bridgehead atoms. The molecule has 1 amide bonds. The predicted molar refractivity (Wildman–Crippen MR) is 109 cm³/mol. The zero-order valence-corrected chi connectivity index (χ0v) is 16.9. The Hall–Kier alpha value is -1.92. The van der Waals surface area contributed by atoms with E-state index in [1.807, 2.05) is 13.0 Å². The molecule has 0 aromatic heterocycles. The molecule has 2 aliphatic rings. The van der Waals surface area contributed by atoms with Gasteiger partial charge in [-0.3, -0.25) is 19.4 Å². The Morgan fingerprint density at radius 3 is 2.54 bits per heavy atom. The molecule has 154 valence electrons. The summed E-state index contributed by atoms with van der Waals surface area (Å²) in [6.07, 6.45) is 3.78. The number of hydrogen-bond acceptors (Lipinski definition) is 5. The van der Waals surface area contributed by atoms with Crippen molar-refractivity contribution in [3.05, 3.63) is 35.9 Å². The number of benzene rings is 1. The van der Waals surface area contributed by atoms with Crippen molar-refractivity contribution in [2.24, 2.45) is 5.92 Å². The molecule has 1 atom stereocenters. The minimum atomic E-state index is -0.126. The van der Waals surface area contributed by atoms with Gasteiger partial charge in [-0.2, -0.15) is 0 Å². The van der Waals surface area contributed by atoms with E-state index in [0.717, 1.165) is 51.9 Å². The maximum atomic E-state index is 12.5. The normalized spacial score (nSPS) is 22.0. The van der Waals surface area contributed by atoms with Gasteiger partial charge >= 0.3 is 5.97 Å². The van der Waals surface area contributed by atoms with Gasteiger partial charge in [-0.05, 0) is 44.7 Å². The van der Waals surface area contributed by atoms with Crippen LogP contribution in [0.4, 0.5) is 0 Å². The molecule has 1 aromatic carbocycles. The minimum Gasteiger partial charge on any atom is -0.466 e. The smallest absolute Gasteiger partial charge is 0.310 e. The van der Waals surface area contributed by atoms with Crippen LogP contribution < -0.4 is 5.32 Å². The van der Waals surface area contributed by atoms with Crippen LogP contribution in [-0.4, -0.2) is 67.0 Å². The summed E-state index contributed by atoms with van der Waals surface area (Å²) >= 11 is 0. The Balaban J connectivity index is 1.37. The lowest BCUT2D eigenvalue weighted by Crippen LogP contribution is -2.49. The van der Waals surface area contributed by atoms with E-state index >= 15 is 0 Å². The van der Waals surface area contributed by atoms with Gasteiger partial charge < -0.3 is 10.1 Å². The van der Waals surface area contributed by atoms with Crippen LogP contribution in [0.15, 0.2) is 30.3 Å². The fourth-order valence-electron chi connectivity index (χ4n) is 4.21. The molecular weight excluding hydrogens is 354 g/mol. The van der Waals surface area contributed by atoms with E-state index < -0.39 is 0 Å².